The third kappa shape index (κ3) is 3.34. The molecule has 0 fully saturated rings. The molecular weight excluding hydrogens is 292 g/mol. The average Bonchev–Trinajstić information content (AvgIpc) is 3.02. The van der Waals surface area contributed by atoms with Gasteiger partial charge in [-0.25, -0.2) is 13.1 Å². The van der Waals surface area contributed by atoms with Gasteiger partial charge in [0.05, 0.1) is 17.7 Å². The number of aliphatic hydroxyl groups excluding tert-OH is 1. The van der Waals surface area contributed by atoms with E-state index in [1.54, 1.807) is 17.0 Å². The molecule has 8 heteroatoms. The molecule has 0 aliphatic heterocycles. The lowest BCUT2D eigenvalue weighted by atomic mass is 10.3. The Labute approximate surface area is 124 Å². The number of hydrogen-bond donors (Lipinski definition) is 3. The average molecular weight is 312 g/mol. The molecule has 2 aromatic heterocycles. The highest BCUT2D eigenvalue weighted by Crippen LogP contribution is 2.19. The van der Waals surface area contributed by atoms with E-state index < -0.39 is 10.0 Å². The fraction of sp³-hybridized carbons (Fsp3) is 0.462. The van der Waals surface area contributed by atoms with E-state index in [1.807, 2.05) is 20.8 Å². The number of aromatic nitrogens is 3. The fourth-order valence-corrected chi connectivity index (χ4v) is 3.12. The Balaban J connectivity index is 2.21. The largest absolute Gasteiger partial charge is 0.390 e. The van der Waals surface area contributed by atoms with Crippen LogP contribution in [0.15, 0.2) is 23.4 Å². The molecule has 116 valence electrons. The van der Waals surface area contributed by atoms with Gasteiger partial charge in [-0.1, -0.05) is 0 Å². The molecule has 0 amide bonds. The Morgan fingerprint density at radius 2 is 2.19 bits per heavy atom. The van der Waals surface area contributed by atoms with Gasteiger partial charge < -0.3 is 9.67 Å². The van der Waals surface area contributed by atoms with Crippen LogP contribution in [0.5, 0.6) is 0 Å². The van der Waals surface area contributed by atoms with Gasteiger partial charge in [0.1, 0.15) is 0 Å². The standard InChI is InChI=1S/C13H20N4O3S/c1-9(2)17-7-13(4-12(17)8-18)21(19,20)15-6-11-5-14-16-10(11)3/h4-5,7,9,15,18H,6,8H2,1-3H3,(H,14,16). The van der Waals surface area contributed by atoms with Gasteiger partial charge in [0.15, 0.2) is 0 Å². The van der Waals surface area contributed by atoms with E-state index >= 15 is 0 Å². The molecular formula is C13H20N4O3S. The second-order valence-corrected chi connectivity index (χ2v) is 6.94. The summed E-state index contributed by atoms with van der Waals surface area (Å²) in [5, 5.41) is 15.9. The summed E-state index contributed by atoms with van der Waals surface area (Å²) in [7, 11) is -3.62. The van der Waals surface area contributed by atoms with Gasteiger partial charge >= 0.3 is 0 Å². The highest BCUT2D eigenvalue weighted by Gasteiger charge is 2.19. The monoisotopic (exact) mass is 312 g/mol. The topological polar surface area (TPSA) is 100 Å². The predicted molar refractivity (Wildman–Crippen MR) is 78.1 cm³/mol. The molecule has 0 aromatic carbocycles. The van der Waals surface area contributed by atoms with Crippen LogP contribution >= 0.6 is 0 Å². The van der Waals surface area contributed by atoms with Crippen LogP contribution in [0.1, 0.15) is 36.8 Å². The Morgan fingerprint density at radius 3 is 2.67 bits per heavy atom. The molecule has 2 heterocycles. The highest BCUT2D eigenvalue weighted by atomic mass is 32.2. The molecule has 0 aliphatic rings. The molecule has 21 heavy (non-hydrogen) atoms. The lowest BCUT2D eigenvalue weighted by Gasteiger charge is -2.10. The minimum absolute atomic E-state index is 0.0761. The molecule has 0 spiro atoms. The van der Waals surface area contributed by atoms with Gasteiger partial charge in [-0.2, -0.15) is 5.10 Å². The molecule has 0 saturated carbocycles. The molecule has 0 unspecified atom stereocenters. The molecule has 0 aliphatic carbocycles. The van der Waals surface area contributed by atoms with Crippen molar-refractivity contribution in [1.29, 1.82) is 0 Å². The van der Waals surface area contributed by atoms with E-state index in [1.165, 1.54) is 6.07 Å². The molecule has 0 atom stereocenters. The maximum absolute atomic E-state index is 12.3. The van der Waals surface area contributed by atoms with Gasteiger partial charge in [0.2, 0.25) is 10.0 Å². The van der Waals surface area contributed by atoms with Gasteiger partial charge in [-0.3, -0.25) is 5.10 Å². The van der Waals surface area contributed by atoms with Crippen molar-refractivity contribution in [1.82, 2.24) is 19.5 Å². The highest BCUT2D eigenvalue weighted by molar-refractivity contribution is 7.89. The summed E-state index contributed by atoms with van der Waals surface area (Å²) in [5.41, 5.74) is 2.20. The first-order valence-corrected chi connectivity index (χ1v) is 8.13. The Bertz CT molecular complexity index is 716. The minimum atomic E-state index is -3.62. The van der Waals surface area contributed by atoms with Crippen molar-refractivity contribution in [2.75, 3.05) is 0 Å². The van der Waals surface area contributed by atoms with Crippen LogP contribution in [-0.4, -0.2) is 28.3 Å². The summed E-state index contributed by atoms with van der Waals surface area (Å²) < 4.78 is 28.9. The number of hydrogen-bond acceptors (Lipinski definition) is 4. The quantitative estimate of drug-likeness (QED) is 0.743. The lowest BCUT2D eigenvalue weighted by molar-refractivity contribution is 0.268. The molecule has 3 N–H and O–H groups in total. The number of nitrogens with zero attached hydrogens (tertiary/aromatic N) is 2. The summed E-state index contributed by atoms with van der Waals surface area (Å²) in [4.78, 5) is 0.154. The Kier molecular flexibility index (Phi) is 4.50. The number of nitrogens with one attached hydrogen (secondary N) is 2. The number of aliphatic hydroxyl groups is 1. The Morgan fingerprint density at radius 1 is 1.48 bits per heavy atom. The Hall–Kier alpha value is -1.64. The third-order valence-corrected chi connectivity index (χ3v) is 4.69. The van der Waals surface area contributed by atoms with Crippen LogP contribution in [0.4, 0.5) is 0 Å². The molecule has 2 aromatic rings. The van der Waals surface area contributed by atoms with E-state index in [-0.39, 0.29) is 24.1 Å². The predicted octanol–water partition coefficient (Wildman–Crippen LogP) is 1.07. The fourth-order valence-electron chi connectivity index (χ4n) is 2.06. The third-order valence-electron chi connectivity index (χ3n) is 3.32. The van der Waals surface area contributed by atoms with Crippen LogP contribution < -0.4 is 4.72 Å². The van der Waals surface area contributed by atoms with Gasteiger partial charge in [0, 0.05) is 35.7 Å². The number of aryl methyl sites for hydroxylation is 1. The molecule has 0 radical (unpaired) electrons. The first-order chi connectivity index (χ1) is 9.85. The zero-order valence-corrected chi connectivity index (χ0v) is 13.1. The van der Waals surface area contributed by atoms with Crippen molar-refractivity contribution >= 4 is 10.0 Å². The molecule has 0 bridgehead atoms. The second-order valence-electron chi connectivity index (χ2n) is 5.17. The van der Waals surface area contributed by atoms with Crippen molar-refractivity contribution in [3.63, 3.8) is 0 Å². The SMILES string of the molecule is Cc1[nH]ncc1CNS(=O)(=O)c1cc(CO)n(C(C)C)c1. The minimum Gasteiger partial charge on any atom is -0.390 e. The maximum Gasteiger partial charge on any atom is 0.242 e. The van der Waals surface area contributed by atoms with Gasteiger partial charge in [-0.15, -0.1) is 0 Å². The number of aromatic amines is 1. The first kappa shape index (κ1) is 15.7. The molecule has 2 rings (SSSR count). The van der Waals surface area contributed by atoms with Gasteiger partial charge in [0.25, 0.3) is 0 Å². The zero-order valence-electron chi connectivity index (χ0n) is 12.3. The van der Waals surface area contributed by atoms with E-state index in [2.05, 4.69) is 14.9 Å². The van der Waals surface area contributed by atoms with E-state index in [0.717, 1.165) is 11.3 Å². The van der Waals surface area contributed by atoms with Crippen molar-refractivity contribution in [2.45, 2.75) is 44.9 Å². The van der Waals surface area contributed by atoms with E-state index in [0.29, 0.717) is 5.69 Å². The van der Waals surface area contributed by atoms with Crippen LogP contribution in [0.3, 0.4) is 0 Å². The van der Waals surface area contributed by atoms with E-state index in [4.69, 9.17) is 0 Å². The van der Waals surface area contributed by atoms with Gasteiger partial charge in [-0.05, 0) is 26.8 Å². The van der Waals surface area contributed by atoms with Crippen LogP contribution in [0, 0.1) is 6.92 Å². The molecule has 0 saturated heterocycles. The summed E-state index contributed by atoms with van der Waals surface area (Å²) >= 11 is 0. The van der Waals surface area contributed by atoms with Crippen LogP contribution in [0.25, 0.3) is 0 Å². The van der Waals surface area contributed by atoms with Crippen molar-refractivity contribution in [2.24, 2.45) is 0 Å². The normalized spacial score (nSPS) is 12.2. The van der Waals surface area contributed by atoms with Crippen molar-refractivity contribution in [3.05, 3.63) is 35.4 Å². The summed E-state index contributed by atoms with van der Waals surface area (Å²) in [6, 6.07) is 1.57. The summed E-state index contributed by atoms with van der Waals surface area (Å²) in [5.74, 6) is 0. The zero-order chi connectivity index (χ0) is 15.6. The number of H-pyrrole nitrogens is 1. The second kappa shape index (κ2) is 6.00. The molecule has 7 nitrogen and oxygen atoms in total. The van der Waals surface area contributed by atoms with Crippen molar-refractivity contribution < 1.29 is 13.5 Å². The lowest BCUT2D eigenvalue weighted by Crippen LogP contribution is -2.23. The van der Waals surface area contributed by atoms with Crippen LogP contribution in [-0.2, 0) is 23.2 Å². The maximum atomic E-state index is 12.3. The van der Waals surface area contributed by atoms with E-state index in [9.17, 15) is 13.5 Å². The van der Waals surface area contributed by atoms with Crippen molar-refractivity contribution in [3.8, 4) is 0 Å². The number of sulfonamides is 1. The summed E-state index contributed by atoms with van der Waals surface area (Å²) in [6.07, 6.45) is 3.14. The van der Waals surface area contributed by atoms with Crippen LogP contribution in [0.2, 0.25) is 0 Å². The number of rotatable bonds is 6. The smallest absolute Gasteiger partial charge is 0.242 e. The summed E-state index contributed by atoms with van der Waals surface area (Å²) in [6.45, 7) is 5.66. The first-order valence-electron chi connectivity index (χ1n) is 6.65.